The van der Waals surface area contributed by atoms with Crippen molar-refractivity contribution < 1.29 is 9.53 Å². The third-order valence-electron chi connectivity index (χ3n) is 3.74. The van der Waals surface area contributed by atoms with Crippen LogP contribution < -0.4 is 11.5 Å². The number of hydrogen-bond acceptors (Lipinski definition) is 4. The molecule has 0 bridgehead atoms. The van der Waals surface area contributed by atoms with E-state index in [4.69, 9.17) is 16.2 Å². The van der Waals surface area contributed by atoms with E-state index in [1.165, 1.54) is 0 Å². The molecule has 0 spiro atoms. The Morgan fingerprint density at radius 3 is 2.80 bits per heavy atom. The molecule has 1 aromatic rings. The van der Waals surface area contributed by atoms with E-state index < -0.39 is 11.4 Å². The van der Waals surface area contributed by atoms with E-state index in [1.807, 2.05) is 37.3 Å². The molecule has 0 saturated carbocycles. The number of ether oxygens (including phenoxy) is 1. The summed E-state index contributed by atoms with van der Waals surface area (Å²) in [6.07, 6.45) is 1.08. The van der Waals surface area contributed by atoms with Crippen LogP contribution in [0.15, 0.2) is 30.3 Å². The van der Waals surface area contributed by atoms with E-state index in [9.17, 15) is 4.79 Å². The second kappa shape index (κ2) is 6.35. The van der Waals surface area contributed by atoms with E-state index >= 15 is 0 Å². The van der Waals surface area contributed by atoms with Crippen molar-refractivity contribution in [2.24, 2.45) is 11.5 Å². The molecule has 1 amide bonds. The monoisotopic (exact) mass is 277 g/mol. The molecular formula is C15H23N3O2. The first-order valence-corrected chi connectivity index (χ1v) is 7.00. The summed E-state index contributed by atoms with van der Waals surface area (Å²) in [6, 6.07) is 9.33. The third-order valence-corrected chi connectivity index (χ3v) is 3.74. The lowest BCUT2D eigenvalue weighted by molar-refractivity contribution is -0.124. The summed E-state index contributed by atoms with van der Waals surface area (Å²) in [5, 5.41) is 0. The Kier molecular flexibility index (Phi) is 4.75. The lowest BCUT2D eigenvalue weighted by atomic mass is 9.89. The smallest absolute Gasteiger partial charge is 0.243 e. The number of nitrogens with two attached hydrogens (primary N) is 2. The Morgan fingerprint density at radius 2 is 2.15 bits per heavy atom. The number of primary amides is 1. The van der Waals surface area contributed by atoms with Crippen molar-refractivity contribution in [2.75, 3.05) is 26.2 Å². The van der Waals surface area contributed by atoms with Crippen LogP contribution in [0, 0.1) is 0 Å². The maximum Gasteiger partial charge on any atom is 0.243 e. The molecule has 0 radical (unpaired) electrons. The van der Waals surface area contributed by atoms with Crippen LogP contribution in [0.25, 0.3) is 0 Å². The van der Waals surface area contributed by atoms with E-state index in [0.717, 1.165) is 31.7 Å². The zero-order valence-corrected chi connectivity index (χ0v) is 11.9. The summed E-state index contributed by atoms with van der Waals surface area (Å²) in [7, 11) is 0. The van der Waals surface area contributed by atoms with E-state index in [-0.39, 0.29) is 6.10 Å². The number of benzene rings is 1. The highest BCUT2D eigenvalue weighted by Gasteiger charge is 2.36. The molecule has 5 nitrogen and oxygen atoms in total. The van der Waals surface area contributed by atoms with Gasteiger partial charge >= 0.3 is 0 Å². The minimum absolute atomic E-state index is 0.144. The van der Waals surface area contributed by atoms with Crippen LogP contribution in [0.4, 0.5) is 0 Å². The highest BCUT2D eigenvalue weighted by atomic mass is 16.5. The van der Waals surface area contributed by atoms with Gasteiger partial charge in [0.25, 0.3) is 0 Å². The van der Waals surface area contributed by atoms with Crippen molar-refractivity contribution in [3.8, 4) is 0 Å². The van der Waals surface area contributed by atoms with Crippen LogP contribution in [-0.4, -0.2) is 43.2 Å². The minimum atomic E-state index is -1.16. The van der Waals surface area contributed by atoms with Crippen LogP contribution in [0.1, 0.15) is 18.9 Å². The van der Waals surface area contributed by atoms with Gasteiger partial charge < -0.3 is 16.2 Å². The topological polar surface area (TPSA) is 81.6 Å². The highest BCUT2D eigenvalue weighted by molar-refractivity contribution is 5.86. The predicted octanol–water partition coefficient (Wildman–Crippen LogP) is 0.437. The molecule has 1 fully saturated rings. The van der Waals surface area contributed by atoms with Crippen LogP contribution in [-0.2, 0) is 15.1 Å². The fourth-order valence-electron chi connectivity index (χ4n) is 2.62. The predicted molar refractivity (Wildman–Crippen MR) is 78.0 cm³/mol. The number of rotatable bonds is 4. The van der Waals surface area contributed by atoms with Gasteiger partial charge in [0, 0.05) is 26.2 Å². The SMILES string of the molecule is CC1CN(CC(N)(C(N)=O)c2ccccc2)CCCO1. The van der Waals surface area contributed by atoms with E-state index in [2.05, 4.69) is 4.90 Å². The minimum Gasteiger partial charge on any atom is -0.377 e. The standard InChI is InChI=1S/C15H23N3O2/c1-12-10-18(8-5-9-20-12)11-15(17,14(16)19)13-6-3-2-4-7-13/h2-4,6-7,12H,5,8-11,17H2,1H3,(H2,16,19). The number of nitrogens with zero attached hydrogens (tertiary/aromatic N) is 1. The van der Waals surface area contributed by atoms with Crippen molar-refractivity contribution in [1.29, 1.82) is 0 Å². The quantitative estimate of drug-likeness (QED) is 0.836. The molecule has 2 unspecified atom stereocenters. The van der Waals surface area contributed by atoms with Gasteiger partial charge in [0.05, 0.1) is 6.10 Å². The summed E-state index contributed by atoms with van der Waals surface area (Å²) in [5.41, 5.74) is 11.5. The van der Waals surface area contributed by atoms with Crippen molar-refractivity contribution in [3.05, 3.63) is 35.9 Å². The van der Waals surface area contributed by atoms with E-state index in [0.29, 0.717) is 6.54 Å². The van der Waals surface area contributed by atoms with Crippen molar-refractivity contribution in [3.63, 3.8) is 0 Å². The summed E-state index contributed by atoms with van der Waals surface area (Å²) in [5.74, 6) is -0.499. The fourth-order valence-corrected chi connectivity index (χ4v) is 2.62. The maximum absolute atomic E-state index is 11.9. The van der Waals surface area contributed by atoms with Crippen molar-refractivity contribution in [2.45, 2.75) is 25.0 Å². The zero-order valence-electron chi connectivity index (χ0n) is 11.9. The van der Waals surface area contributed by atoms with Gasteiger partial charge in [-0.25, -0.2) is 0 Å². The molecule has 1 heterocycles. The maximum atomic E-state index is 11.9. The van der Waals surface area contributed by atoms with Crippen molar-refractivity contribution in [1.82, 2.24) is 4.90 Å². The van der Waals surface area contributed by atoms with Gasteiger partial charge in [-0.3, -0.25) is 9.69 Å². The Bertz CT molecular complexity index is 452. The molecule has 1 saturated heterocycles. The molecule has 4 N–H and O–H groups in total. The van der Waals surface area contributed by atoms with Gasteiger partial charge in [-0.2, -0.15) is 0 Å². The normalized spacial score (nSPS) is 23.8. The number of carbonyl (C=O) groups is 1. The first-order valence-electron chi connectivity index (χ1n) is 7.00. The average molecular weight is 277 g/mol. The van der Waals surface area contributed by atoms with Gasteiger partial charge in [0.2, 0.25) is 5.91 Å². The molecule has 2 rings (SSSR count). The number of carbonyl (C=O) groups excluding carboxylic acids is 1. The second-order valence-corrected chi connectivity index (χ2v) is 5.47. The summed E-state index contributed by atoms with van der Waals surface area (Å²) in [4.78, 5) is 14.1. The number of amides is 1. The first kappa shape index (κ1) is 15.0. The Hall–Kier alpha value is -1.43. The highest BCUT2D eigenvalue weighted by Crippen LogP contribution is 2.20. The van der Waals surface area contributed by atoms with Crippen LogP contribution in [0.2, 0.25) is 0 Å². The molecule has 1 aliphatic heterocycles. The van der Waals surface area contributed by atoms with Crippen LogP contribution >= 0.6 is 0 Å². The van der Waals surface area contributed by atoms with E-state index in [1.54, 1.807) is 0 Å². The Morgan fingerprint density at radius 1 is 1.45 bits per heavy atom. The molecule has 5 heteroatoms. The first-order chi connectivity index (χ1) is 9.52. The van der Waals surface area contributed by atoms with Gasteiger partial charge in [-0.15, -0.1) is 0 Å². The molecule has 0 aromatic heterocycles. The van der Waals surface area contributed by atoms with Crippen LogP contribution in [0.5, 0.6) is 0 Å². The fraction of sp³-hybridized carbons (Fsp3) is 0.533. The summed E-state index contributed by atoms with van der Waals surface area (Å²) in [6.45, 7) is 4.82. The molecule has 110 valence electrons. The van der Waals surface area contributed by atoms with Gasteiger partial charge in [0.15, 0.2) is 0 Å². The molecule has 20 heavy (non-hydrogen) atoms. The second-order valence-electron chi connectivity index (χ2n) is 5.47. The molecule has 1 aromatic carbocycles. The zero-order chi connectivity index (χ0) is 14.6. The largest absolute Gasteiger partial charge is 0.377 e. The number of hydrogen-bond donors (Lipinski definition) is 2. The Balaban J connectivity index is 2.19. The van der Waals surface area contributed by atoms with Gasteiger partial charge in [0.1, 0.15) is 5.54 Å². The van der Waals surface area contributed by atoms with Gasteiger partial charge in [-0.1, -0.05) is 30.3 Å². The molecule has 1 aliphatic rings. The van der Waals surface area contributed by atoms with Gasteiger partial charge in [-0.05, 0) is 18.9 Å². The molecule has 0 aliphatic carbocycles. The summed E-state index contributed by atoms with van der Waals surface area (Å²) < 4.78 is 5.62. The van der Waals surface area contributed by atoms with Crippen molar-refractivity contribution >= 4 is 5.91 Å². The van der Waals surface area contributed by atoms with Crippen LogP contribution in [0.3, 0.4) is 0 Å². The lowest BCUT2D eigenvalue weighted by Crippen LogP contribution is -2.57. The third kappa shape index (κ3) is 3.36. The average Bonchev–Trinajstić information content (AvgIpc) is 2.63. The lowest BCUT2D eigenvalue weighted by Gasteiger charge is -2.33. The Labute approximate surface area is 119 Å². The molecule has 2 atom stereocenters. The molecular weight excluding hydrogens is 254 g/mol. The summed E-state index contributed by atoms with van der Waals surface area (Å²) >= 11 is 0.